The van der Waals surface area contributed by atoms with E-state index in [0.717, 1.165) is 22.9 Å². The highest BCUT2D eigenvalue weighted by Crippen LogP contribution is 2.29. The molecule has 0 bridgehead atoms. The van der Waals surface area contributed by atoms with Crippen LogP contribution in [0.3, 0.4) is 0 Å². The summed E-state index contributed by atoms with van der Waals surface area (Å²) in [5.74, 6) is 2.27. The van der Waals surface area contributed by atoms with Gasteiger partial charge in [0.2, 0.25) is 0 Å². The molecule has 0 amide bonds. The zero-order valence-electron chi connectivity index (χ0n) is 11.3. The largest absolute Gasteiger partial charge is 0.493 e. The highest BCUT2D eigenvalue weighted by molar-refractivity contribution is 5.43. The second-order valence-corrected chi connectivity index (χ2v) is 4.15. The first kappa shape index (κ1) is 13.4. The molecule has 1 unspecified atom stereocenters. The van der Waals surface area contributed by atoms with E-state index in [-0.39, 0.29) is 6.04 Å². The third kappa shape index (κ3) is 3.23. The number of aromatic amines is 1. The van der Waals surface area contributed by atoms with Crippen LogP contribution in [0.1, 0.15) is 24.4 Å². The first-order valence-corrected chi connectivity index (χ1v) is 6.04. The normalized spacial score (nSPS) is 12.2. The average molecular weight is 262 g/mol. The number of nitrogens with zero attached hydrogens (tertiary/aromatic N) is 2. The van der Waals surface area contributed by atoms with Gasteiger partial charge in [-0.05, 0) is 24.6 Å². The maximum absolute atomic E-state index is 5.30. The predicted octanol–water partition coefficient (Wildman–Crippen LogP) is 1.67. The van der Waals surface area contributed by atoms with Gasteiger partial charge in [-0.3, -0.25) is 5.10 Å². The average Bonchev–Trinajstić information content (AvgIpc) is 2.97. The van der Waals surface area contributed by atoms with Crippen molar-refractivity contribution in [2.24, 2.45) is 0 Å². The number of benzene rings is 1. The third-order valence-electron chi connectivity index (χ3n) is 2.95. The van der Waals surface area contributed by atoms with Crippen LogP contribution < -0.4 is 14.8 Å². The lowest BCUT2D eigenvalue weighted by molar-refractivity contribution is 0.354. The highest BCUT2D eigenvalue weighted by Gasteiger charge is 2.10. The van der Waals surface area contributed by atoms with Crippen LogP contribution >= 0.6 is 0 Å². The summed E-state index contributed by atoms with van der Waals surface area (Å²) >= 11 is 0. The number of aromatic nitrogens is 3. The van der Waals surface area contributed by atoms with Crippen LogP contribution in [0.4, 0.5) is 0 Å². The van der Waals surface area contributed by atoms with Crippen LogP contribution in [-0.2, 0) is 6.54 Å². The molecule has 0 aliphatic heterocycles. The molecule has 6 heteroatoms. The maximum atomic E-state index is 5.30. The summed E-state index contributed by atoms with van der Waals surface area (Å²) in [6, 6.07) is 6.06. The molecule has 0 aliphatic rings. The van der Waals surface area contributed by atoms with Crippen LogP contribution in [0, 0.1) is 0 Å². The van der Waals surface area contributed by atoms with Gasteiger partial charge in [0, 0.05) is 6.04 Å². The fourth-order valence-corrected chi connectivity index (χ4v) is 1.81. The minimum Gasteiger partial charge on any atom is -0.493 e. The lowest BCUT2D eigenvalue weighted by Gasteiger charge is -2.15. The van der Waals surface area contributed by atoms with Crippen molar-refractivity contribution in [1.29, 1.82) is 0 Å². The number of rotatable bonds is 6. The van der Waals surface area contributed by atoms with Crippen LogP contribution in [0.15, 0.2) is 24.5 Å². The van der Waals surface area contributed by atoms with E-state index in [9.17, 15) is 0 Å². The first-order valence-electron chi connectivity index (χ1n) is 6.04. The summed E-state index contributed by atoms with van der Waals surface area (Å²) in [7, 11) is 3.26. The Kier molecular flexibility index (Phi) is 4.35. The van der Waals surface area contributed by atoms with Gasteiger partial charge in [0.15, 0.2) is 11.5 Å². The molecular formula is C13H18N4O2. The summed E-state index contributed by atoms with van der Waals surface area (Å²) in [6.45, 7) is 2.72. The highest BCUT2D eigenvalue weighted by atomic mass is 16.5. The number of ether oxygens (including phenoxy) is 2. The molecule has 0 radical (unpaired) electrons. The van der Waals surface area contributed by atoms with Gasteiger partial charge < -0.3 is 14.8 Å². The zero-order valence-corrected chi connectivity index (χ0v) is 11.3. The van der Waals surface area contributed by atoms with Gasteiger partial charge in [-0.1, -0.05) is 6.07 Å². The van der Waals surface area contributed by atoms with E-state index < -0.39 is 0 Å². The first-order chi connectivity index (χ1) is 9.24. The number of hydrogen-bond acceptors (Lipinski definition) is 5. The molecule has 0 saturated carbocycles. The van der Waals surface area contributed by atoms with Gasteiger partial charge in [0.1, 0.15) is 12.2 Å². The lowest BCUT2D eigenvalue weighted by Crippen LogP contribution is -2.19. The van der Waals surface area contributed by atoms with E-state index in [1.807, 2.05) is 18.2 Å². The number of H-pyrrole nitrogens is 1. The minimum atomic E-state index is 0.171. The third-order valence-corrected chi connectivity index (χ3v) is 2.95. The van der Waals surface area contributed by atoms with Gasteiger partial charge in [0.05, 0.1) is 20.8 Å². The predicted molar refractivity (Wildman–Crippen MR) is 71.2 cm³/mol. The van der Waals surface area contributed by atoms with Crippen molar-refractivity contribution < 1.29 is 9.47 Å². The summed E-state index contributed by atoms with van der Waals surface area (Å²) < 4.78 is 10.5. The molecule has 1 atom stereocenters. The van der Waals surface area contributed by atoms with E-state index in [1.165, 1.54) is 6.33 Å². The molecule has 0 saturated heterocycles. The Balaban J connectivity index is 2.04. The Morgan fingerprint density at radius 3 is 2.68 bits per heavy atom. The standard InChI is InChI=1S/C13H18N4O2/c1-9(14-7-13-15-8-16-17-13)10-4-5-11(18-2)12(6-10)19-3/h4-6,8-9,14H,7H2,1-3H3,(H,15,16,17). The molecule has 1 heterocycles. The smallest absolute Gasteiger partial charge is 0.161 e. The Labute approximate surface area is 112 Å². The number of nitrogens with one attached hydrogen (secondary N) is 2. The second kappa shape index (κ2) is 6.19. The van der Waals surface area contributed by atoms with Crippen molar-refractivity contribution in [2.75, 3.05) is 14.2 Å². The Morgan fingerprint density at radius 2 is 2.05 bits per heavy atom. The molecule has 1 aromatic heterocycles. The van der Waals surface area contributed by atoms with Crippen molar-refractivity contribution >= 4 is 0 Å². The molecule has 2 rings (SSSR count). The zero-order chi connectivity index (χ0) is 13.7. The van der Waals surface area contributed by atoms with Crippen LogP contribution in [0.5, 0.6) is 11.5 Å². The molecular weight excluding hydrogens is 244 g/mol. The lowest BCUT2D eigenvalue weighted by atomic mass is 10.1. The van der Waals surface area contributed by atoms with E-state index in [4.69, 9.17) is 9.47 Å². The van der Waals surface area contributed by atoms with Crippen molar-refractivity contribution in [1.82, 2.24) is 20.5 Å². The summed E-state index contributed by atoms with van der Waals surface area (Å²) in [6.07, 6.45) is 1.50. The summed E-state index contributed by atoms with van der Waals surface area (Å²) in [4.78, 5) is 4.07. The molecule has 2 aromatic rings. The second-order valence-electron chi connectivity index (χ2n) is 4.15. The van der Waals surface area contributed by atoms with Gasteiger partial charge in [-0.2, -0.15) is 5.10 Å². The quantitative estimate of drug-likeness (QED) is 0.828. The fraction of sp³-hybridized carbons (Fsp3) is 0.385. The maximum Gasteiger partial charge on any atom is 0.161 e. The van der Waals surface area contributed by atoms with Gasteiger partial charge >= 0.3 is 0 Å². The van der Waals surface area contributed by atoms with Crippen molar-refractivity contribution in [2.45, 2.75) is 19.5 Å². The van der Waals surface area contributed by atoms with Gasteiger partial charge in [0.25, 0.3) is 0 Å². The number of methoxy groups -OCH3 is 2. The molecule has 0 spiro atoms. The van der Waals surface area contributed by atoms with Gasteiger partial charge in [-0.15, -0.1) is 0 Å². The SMILES string of the molecule is COc1ccc(C(C)NCc2ncn[nH]2)cc1OC. The van der Waals surface area contributed by atoms with Crippen LogP contribution in [0.25, 0.3) is 0 Å². The van der Waals surface area contributed by atoms with E-state index in [2.05, 4.69) is 27.4 Å². The molecule has 2 N–H and O–H groups in total. The molecule has 6 nitrogen and oxygen atoms in total. The molecule has 19 heavy (non-hydrogen) atoms. The Morgan fingerprint density at radius 1 is 1.26 bits per heavy atom. The minimum absolute atomic E-state index is 0.171. The molecule has 0 aliphatic carbocycles. The van der Waals surface area contributed by atoms with E-state index in [1.54, 1.807) is 14.2 Å². The monoisotopic (exact) mass is 262 g/mol. The summed E-state index contributed by atoms with van der Waals surface area (Å²) in [5, 5.41) is 9.99. The van der Waals surface area contributed by atoms with Crippen LogP contribution in [-0.4, -0.2) is 29.4 Å². The van der Waals surface area contributed by atoms with E-state index in [0.29, 0.717) is 6.54 Å². The fourth-order valence-electron chi connectivity index (χ4n) is 1.81. The Bertz CT molecular complexity index is 513. The summed E-state index contributed by atoms with van der Waals surface area (Å²) in [5.41, 5.74) is 1.12. The van der Waals surface area contributed by atoms with E-state index >= 15 is 0 Å². The molecule has 1 aromatic carbocycles. The number of hydrogen-bond donors (Lipinski definition) is 2. The van der Waals surface area contributed by atoms with Crippen molar-refractivity contribution in [3.63, 3.8) is 0 Å². The molecule has 0 fully saturated rings. The Hall–Kier alpha value is -2.08. The topological polar surface area (TPSA) is 72.1 Å². The van der Waals surface area contributed by atoms with Crippen LogP contribution in [0.2, 0.25) is 0 Å². The van der Waals surface area contributed by atoms with Crippen molar-refractivity contribution in [3.8, 4) is 11.5 Å². The van der Waals surface area contributed by atoms with Gasteiger partial charge in [-0.25, -0.2) is 4.98 Å². The van der Waals surface area contributed by atoms with Crippen molar-refractivity contribution in [3.05, 3.63) is 35.9 Å². The molecule has 102 valence electrons.